The highest BCUT2D eigenvalue weighted by atomic mass is 16.6. The van der Waals surface area contributed by atoms with Crippen LogP contribution in [0.15, 0.2) is 48.5 Å². The first-order valence-corrected chi connectivity index (χ1v) is 7.21. The summed E-state index contributed by atoms with van der Waals surface area (Å²) in [4.78, 5) is 22.0. The molecular weight excluding hydrogens is 296 g/mol. The van der Waals surface area contributed by atoms with Crippen LogP contribution in [0.25, 0.3) is 0 Å². The largest absolute Gasteiger partial charge is 0.482 e. The Labute approximate surface area is 133 Å². The lowest BCUT2D eigenvalue weighted by atomic mass is 10.0. The summed E-state index contributed by atoms with van der Waals surface area (Å²) in [5.41, 5.74) is 2.57. The molecule has 0 radical (unpaired) electrons. The Bertz CT molecular complexity index is 725. The van der Waals surface area contributed by atoms with Crippen molar-refractivity contribution in [1.82, 2.24) is 0 Å². The number of hydrogen-bond acceptors (Lipinski definition) is 5. The monoisotopic (exact) mass is 312 g/mol. The SMILES string of the molecule is COC(=O)COc1cccc(C2OC2c2cccc(C=O)c2)c1. The van der Waals surface area contributed by atoms with Crippen LogP contribution in [0.3, 0.4) is 0 Å². The number of epoxide rings is 1. The van der Waals surface area contributed by atoms with Gasteiger partial charge in [0.15, 0.2) is 6.61 Å². The van der Waals surface area contributed by atoms with Crippen molar-refractivity contribution in [2.75, 3.05) is 13.7 Å². The Morgan fingerprint density at radius 2 is 1.83 bits per heavy atom. The molecule has 2 unspecified atom stereocenters. The maximum absolute atomic E-state index is 11.1. The summed E-state index contributed by atoms with van der Waals surface area (Å²) in [5.74, 6) is 0.158. The zero-order valence-electron chi connectivity index (χ0n) is 12.6. The van der Waals surface area contributed by atoms with Crippen molar-refractivity contribution in [3.8, 4) is 5.75 Å². The van der Waals surface area contributed by atoms with Crippen LogP contribution in [0.5, 0.6) is 5.75 Å². The average molecular weight is 312 g/mol. The molecule has 23 heavy (non-hydrogen) atoms. The van der Waals surface area contributed by atoms with E-state index in [1.165, 1.54) is 7.11 Å². The minimum absolute atomic E-state index is 0.0641. The van der Waals surface area contributed by atoms with Gasteiger partial charge in [-0.05, 0) is 29.3 Å². The summed E-state index contributed by atoms with van der Waals surface area (Å²) in [6.45, 7) is -0.129. The van der Waals surface area contributed by atoms with Crippen LogP contribution >= 0.6 is 0 Å². The molecule has 118 valence electrons. The number of aldehydes is 1. The zero-order valence-corrected chi connectivity index (χ0v) is 12.6. The van der Waals surface area contributed by atoms with Gasteiger partial charge in [0.05, 0.1) is 7.11 Å². The minimum atomic E-state index is -0.429. The van der Waals surface area contributed by atoms with E-state index in [4.69, 9.17) is 9.47 Å². The molecule has 1 aliphatic heterocycles. The van der Waals surface area contributed by atoms with Gasteiger partial charge in [-0.25, -0.2) is 4.79 Å². The zero-order chi connectivity index (χ0) is 16.2. The van der Waals surface area contributed by atoms with Crippen LogP contribution in [0, 0.1) is 0 Å². The molecule has 1 fully saturated rings. The molecule has 1 saturated heterocycles. The van der Waals surface area contributed by atoms with Crippen molar-refractivity contribution >= 4 is 12.3 Å². The van der Waals surface area contributed by atoms with E-state index >= 15 is 0 Å². The molecule has 3 rings (SSSR count). The molecule has 0 aromatic heterocycles. The molecule has 0 saturated carbocycles. The lowest BCUT2D eigenvalue weighted by Gasteiger charge is -2.06. The number of rotatable bonds is 6. The van der Waals surface area contributed by atoms with E-state index in [0.717, 1.165) is 17.4 Å². The van der Waals surface area contributed by atoms with Crippen molar-refractivity contribution in [3.63, 3.8) is 0 Å². The molecule has 0 N–H and O–H groups in total. The van der Waals surface area contributed by atoms with Gasteiger partial charge >= 0.3 is 5.97 Å². The van der Waals surface area contributed by atoms with Gasteiger partial charge in [-0.3, -0.25) is 4.79 Å². The molecule has 2 aromatic rings. The molecule has 0 aliphatic carbocycles. The number of carbonyl (C=O) groups is 2. The van der Waals surface area contributed by atoms with Crippen LogP contribution in [-0.4, -0.2) is 26.0 Å². The number of methoxy groups -OCH3 is 1. The lowest BCUT2D eigenvalue weighted by Crippen LogP contribution is -2.12. The van der Waals surface area contributed by atoms with Crippen molar-refractivity contribution in [2.24, 2.45) is 0 Å². The number of benzene rings is 2. The highest BCUT2D eigenvalue weighted by Gasteiger charge is 2.41. The van der Waals surface area contributed by atoms with Crippen molar-refractivity contribution in [1.29, 1.82) is 0 Å². The van der Waals surface area contributed by atoms with Crippen LogP contribution in [0.1, 0.15) is 33.7 Å². The first-order chi connectivity index (χ1) is 11.2. The molecule has 1 heterocycles. The number of ether oxygens (including phenoxy) is 3. The molecule has 2 atom stereocenters. The molecule has 1 aliphatic rings. The van der Waals surface area contributed by atoms with Gasteiger partial charge in [0.2, 0.25) is 0 Å². The van der Waals surface area contributed by atoms with E-state index in [9.17, 15) is 9.59 Å². The molecular formula is C18H16O5. The Morgan fingerprint density at radius 3 is 2.52 bits per heavy atom. The molecule has 0 spiro atoms. The van der Waals surface area contributed by atoms with Crippen molar-refractivity contribution < 1.29 is 23.8 Å². The summed E-state index contributed by atoms with van der Waals surface area (Å²) in [5, 5.41) is 0. The second-order valence-corrected chi connectivity index (χ2v) is 5.20. The van der Waals surface area contributed by atoms with Crippen molar-refractivity contribution in [3.05, 3.63) is 65.2 Å². The maximum atomic E-state index is 11.1. The van der Waals surface area contributed by atoms with Crippen molar-refractivity contribution in [2.45, 2.75) is 12.2 Å². The molecule has 5 nitrogen and oxygen atoms in total. The average Bonchev–Trinajstić information content (AvgIpc) is 3.41. The predicted molar refractivity (Wildman–Crippen MR) is 82.3 cm³/mol. The highest BCUT2D eigenvalue weighted by Crippen LogP contribution is 2.51. The summed E-state index contributed by atoms with van der Waals surface area (Å²) in [7, 11) is 1.32. The Balaban J connectivity index is 1.69. The Morgan fingerprint density at radius 1 is 1.13 bits per heavy atom. The first kappa shape index (κ1) is 15.2. The van der Waals surface area contributed by atoms with Crippen LogP contribution in [0.4, 0.5) is 0 Å². The molecule has 2 aromatic carbocycles. The first-order valence-electron chi connectivity index (χ1n) is 7.21. The Kier molecular flexibility index (Phi) is 4.39. The second kappa shape index (κ2) is 6.62. The maximum Gasteiger partial charge on any atom is 0.343 e. The fourth-order valence-corrected chi connectivity index (χ4v) is 2.41. The standard InChI is InChI=1S/C18H16O5/c1-21-16(20)11-22-15-7-3-6-14(9-15)18-17(23-18)13-5-2-4-12(8-13)10-19/h2-10,17-18H,11H2,1H3. The molecule has 5 heteroatoms. The second-order valence-electron chi connectivity index (χ2n) is 5.20. The van der Waals surface area contributed by atoms with Gasteiger partial charge in [0, 0.05) is 5.56 Å². The van der Waals surface area contributed by atoms with E-state index in [-0.39, 0.29) is 18.8 Å². The highest BCUT2D eigenvalue weighted by molar-refractivity contribution is 5.75. The third-order valence-electron chi connectivity index (χ3n) is 3.64. The van der Waals surface area contributed by atoms with Gasteiger partial charge in [0.1, 0.15) is 24.2 Å². The van der Waals surface area contributed by atoms with Gasteiger partial charge in [0.25, 0.3) is 0 Å². The lowest BCUT2D eigenvalue weighted by molar-refractivity contribution is -0.142. The fraction of sp³-hybridized carbons (Fsp3) is 0.222. The number of esters is 1. The van der Waals surface area contributed by atoms with Gasteiger partial charge in [-0.2, -0.15) is 0 Å². The third-order valence-corrected chi connectivity index (χ3v) is 3.64. The summed E-state index contributed by atoms with van der Waals surface area (Å²) in [6, 6.07) is 14.8. The minimum Gasteiger partial charge on any atom is -0.482 e. The smallest absolute Gasteiger partial charge is 0.343 e. The predicted octanol–water partition coefficient (Wildman–Crippen LogP) is 2.86. The summed E-state index contributed by atoms with van der Waals surface area (Å²) in [6.07, 6.45) is 0.687. The van der Waals surface area contributed by atoms with E-state index in [1.54, 1.807) is 12.1 Å². The van der Waals surface area contributed by atoms with Crippen LogP contribution < -0.4 is 4.74 Å². The van der Waals surface area contributed by atoms with Gasteiger partial charge in [-0.15, -0.1) is 0 Å². The quantitative estimate of drug-likeness (QED) is 0.466. The summed E-state index contributed by atoms with van der Waals surface area (Å²) >= 11 is 0. The molecule has 0 amide bonds. The molecule has 0 bridgehead atoms. The fourth-order valence-electron chi connectivity index (χ4n) is 2.41. The van der Waals surface area contributed by atoms with E-state index < -0.39 is 5.97 Å². The topological polar surface area (TPSA) is 65.1 Å². The van der Waals surface area contributed by atoms with E-state index in [1.807, 2.05) is 36.4 Å². The van der Waals surface area contributed by atoms with Gasteiger partial charge < -0.3 is 14.2 Å². The van der Waals surface area contributed by atoms with E-state index in [0.29, 0.717) is 11.3 Å². The summed E-state index contributed by atoms with van der Waals surface area (Å²) < 4.78 is 15.6. The van der Waals surface area contributed by atoms with Crippen LogP contribution in [0.2, 0.25) is 0 Å². The number of carbonyl (C=O) groups excluding carboxylic acids is 2. The Hall–Kier alpha value is -2.66. The van der Waals surface area contributed by atoms with Gasteiger partial charge in [-0.1, -0.05) is 30.3 Å². The van der Waals surface area contributed by atoms with Crippen LogP contribution in [-0.2, 0) is 14.3 Å². The number of hydrogen-bond donors (Lipinski definition) is 0. The van der Waals surface area contributed by atoms with E-state index in [2.05, 4.69) is 4.74 Å². The normalized spacial score (nSPS) is 19.0. The third kappa shape index (κ3) is 3.57.